The molecule has 4 heterocycles. The average molecular weight is 456 g/mol. The molecule has 0 spiro atoms. The van der Waals surface area contributed by atoms with Gasteiger partial charge in [0.25, 0.3) is 5.56 Å². The van der Waals surface area contributed by atoms with Crippen LogP contribution in [0.2, 0.25) is 10.0 Å². The minimum atomic E-state index is -0.210. The molecule has 1 aliphatic heterocycles. The van der Waals surface area contributed by atoms with Gasteiger partial charge in [0.05, 0.1) is 33.5 Å². The Labute approximate surface area is 185 Å². The van der Waals surface area contributed by atoms with Crippen LogP contribution in [0, 0.1) is 0 Å². The highest BCUT2D eigenvalue weighted by molar-refractivity contribution is 6.38. The Morgan fingerprint density at radius 2 is 1.97 bits per heavy atom. The van der Waals surface area contributed by atoms with Crippen molar-refractivity contribution in [1.82, 2.24) is 24.8 Å². The Morgan fingerprint density at radius 1 is 1.16 bits per heavy atom. The van der Waals surface area contributed by atoms with Gasteiger partial charge in [0, 0.05) is 49.0 Å². The molecule has 0 radical (unpaired) electrons. The number of nitrogens with zero attached hydrogens (tertiary/aromatic N) is 4. The van der Waals surface area contributed by atoms with Crippen LogP contribution in [-0.4, -0.2) is 31.4 Å². The van der Waals surface area contributed by atoms with E-state index in [4.69, 9.17) is 27.6 Å². The fourth-order valence-electron chi connectivity index (χ4n) is 3.73. The van der Waals surface area contributed by atoms with Crippen LogP contribution in [0.1, 0.15) is 16.8 Å². The number of hydrogen-bond acceptors (Lipinski definition) is 7. The molecule has 3 aromatic heterocycles. The van der Waals surface area contributed by atoms with Gasteiger partial charge in [-0.2, -0.15) is 0 Å². The molecule has 0 saturated carbocycles. The molecule has 5 rings (SSSR count). The summed E-state index contributed by atoms with van der Waals surface area (Å²) in [7, 11) is 0. The van der Waals surface area contributed by atoms with Crippen molar-refractivity contribution in [2.75, 3.05) is 6.54 Å². The van der Waals surface area contributed by atoms with Crippen LogP contribution >= 0.6 is 23.2 Å². The smallest absolute Gasteiger partial charge is 0.255 e. The van der Waals surface area contributed by atoms with Gasteiger partial charge in [-0.25, -0.2) is 15.0 Å². The van der Waals surface area contributed by atoms with E-state index in [0.29, 0.717) is 64.6 Å². The van der Waals surface area contributed by atoms with Gasteiger partial charge in [0.15, 0.2) is 11.0 Å². The van der Waals surface area contributed by atoms with Crippen LogP contribution in [0.4, 0.5) is 0 Å². The molecule has 31 heavy (non-hydrogen) atoms. The van der Waals surface area contributed by atoms with Crippen LogP contribution < -0.4 is 11.0 Å². The van der Waals surface area contributed by atoms with E-state index in [1.165, 1.54) is 18.7 Å². The molecule has 4 aromatic rings. The van der Waals surface area contributed by atoms with Crippen LogP contribution in [0.3, 0.4) is 0 Å². The standard InChI is InChI=1S/C21H15Cl2N5O3/c22-13-3-14-18(29)12(9-31-19(14)16(23)4-13)7-28-2-1-17-15(8-28)21(30)27-20(26-17)11-5-24-10-25-6-11/h3-6,9-10H,1-2,7-8H2,(H,26,27,30). The summed E-state index contributed by atoms with van der Waals surface area (Å²) in [5.74, 6) is 0.446. The number of aromatic nitrogens is 4. The lowest BCUT2D eigenvalue weighted by molar-refractivity contribution is 0.239. The highest BCUT2D eigenvalue weighted by atomic mass is 35.5. The summed E-state index contributed by atoms with van der Waals surface area (Å²) in [6.45, 7) is 1.34. The molecule has 0 unspecified atom stereocenters. The summed E-state index contributed by atoms with van der Waals surface area (Å²) in [6.07, 6.45) is 6.62. The van der Waals surface area contributed by atoms with Crippen molar-refractivity contribution in [3.05, 3.63) is 84.6 Å². The van der Waals surface area contributed by atoms with Gasteiger partial charge in [-0.1, -0.05) is 23.2 Å². The monoisotopic (exact) mass is 455 g/mol. The van der Waals surface area contributed by atoms with Gasteiger partial charge < -0.3 is 9.40 Å². The Morgan fingerprint density at radius 3 is 2.77 bits per heavy atom. The van der Waals surface area contributed by atoms with Crippen molar-refractivity contribution in [3.8, 4) is 11.4 Å². The number of benzene rings is 1. The Kier molecular flexibility index (Phi) is 5.05. The number of aromatic amines is 1. The molecule has 0 fully saturated rings. The molecule has 0 amide bonds. The SMILES string of the molecule is O=c1[nH]c(-c2cncnc2)nc2c1CN(Cc1coc3c(Cl)cc(Cl)cc3c1=O)CC2. The molecule has 0 atom stereocenters. The van der Waals surface area contributed by atoms with Crippen molar-refractivity contribution in [2.24, 2.45) is 0 Å². The van der Waals surface area contributed by atoms with Crippen molar-refractivity contribution >= 4 is 34.2 Å². The molecule has 156 valence electrons. The lowest BCUT2D eigenvalue weighted by Crippen LogP contribution is -2.36. The minimum Gasteiger partial charge on any atom is -0.462 e. The fourth-order valence-corrected chi connectivity index (χ4v) is 4.27. The molecule has 1 N–H and O–H groups in total. The predicted octanol–water partition coefficient (Wildman–Crippen LogP) is 3.20. The first-order valence-electron chi connectivity index (χ1n) is 9.49. The Hall–Kier alpha value is -3.07. The molecule has 0 aliphatic carbocycles. The predicted molar refractivity (Wildman–Crippen MR) is 116 cm³/mol. The first-order valence-corrected chi connectivity index (χ1v) is 10.2. The second-order valence-electron chi connectivity index (χ2n) is 7.28. The van der Waals surface area contributed by atoms with Gasteiger partial charge in [0.2, 0.25) is 0 Å². The molecular weight excluding hydrogens is 441 g/mol. The zero-order valence-electron chi connectivity index (χ0n) is 16.1. The van der Waals surface area contributed by atoms with Crippen LogP contribution in [0.15, 0.2) is 51.1 Å². The van der Waals surface area contributed by atoms with Gasteiger partial charge in [-0.3, -0.25) is 14.5 Å². The summed E-state index contributed by atoms with van der Waals surface area (Å²) < 4.78 is 5.60. The second kappa shape index (κ2) is 7.88. The zero-order valence-corrected chi connectivity index (χ0v) is 17.6. The number of fused-ring (bicyclic) bond motifs is 2. The fraction of sp³-hybridized carbons (Fsp3) is 0.190. The van der Waals surface area contributed by atoms with Crippen molar-refractivity contribution < 1.29 is 4.42 Å². The lowest BCUT2D eigenvalue weighted by atomic mass is 10.1. The Bertz CT molecular complexity index is 1420. The van der Waals surface area contributed by atoms with E-state index in [9.17, 15) is 9.59 Å². The summed E-state index contributed by atoms with van der Waals surface area (Å²) in [6, 6.07) is 3.08. The van der Waals surface area contributed by atoms with E-state index in [1.54, 1.807) is 18.5 Å². The normalized spacial score (nSPS) is 14.0. The molecular formula is C21H15Cl2N5O3. The summed E-state index contributed by atoms with van der Waals surface area (Å²) in [4.78, 5) is 43.0. The molecule has 8 nitrogen and oxygen atoms in total. The first kappa shape index (κ1) is 19.9. The van der Waals surface area contributed by atoms with E-state index in [0.717, 1.165) is 5.69 Å². The van der Waals surface area contributed by atoms with E-state index >= 15 is 0 Å². The third-order valence-corrected chi connectivity index (χ3v) is 5.74. The highest BCUT2D eigenvalue weighted by Crippen LogP contribution is 2.27. The summed E-state index contributed by atoms with van der Waals surface area (Å²) in [5, 5.41) is 0.989. The topological polar surface area (TPSA) is 105 Å². The maximum atomic E-state index is 12.9. The van der Waals surface area contributed by atoms with Crippen molar-refractivity contribution in [3.63, 3.8) is 0 Å². The maximum absolute atomic E-state index is 12.9. The lowest BCUT2D eigenvalue weighted by Gasteiger charge is -2.27. The van der Waals surface area contributed by atoms with E-state index in [2.05, 4.69) is 19.9 Å². The van der Waals surface area contributed by atoms with Gasteiger partial charge in [0.1, 0.15) is 12.2 Å². The molecule has 0 bridgehead atoms. The van der Waals surface area contributed by atoms with E-state index in [1.807, 2.05) is 4.90 Å². The molecule has 1 aromatic carbocycles. The summed E-state index contributed by atoms with van der Waals surface area (Å²) in [5.41, 5.74) is 2.35. The van der Waals surface area contributed by atoms with Crippen LogP contribution in [0.5, 0.6) is 0 Å². The van der Waals surface area contributed by atoms with E-state index in [-0.39, 0.29) is 16.0 Å². The maximum Gasteiger partial charge on any atom is 0.255 e. The number of halogens is 2. The average Bonchev–Trinajstić information content (AvgIpc) is 2.77. The summed E-state index contributed by atoms with van der Waals surface area (Å²) >= 11 is 12.2. The van der Waals surface area contributed by atoms with Gasteiger partial charge >= 0.3 is 0 Å². The van der Waals surface area contributed by atoms with Crippen LogP contribution in [-0.2, 0) is 19.5 Å². The highest BCUT2D eigenvalue weighted by Gasteiger charge is 2.23. The first-order chi connectivity index (χ1) is 15.0. The number of rotatable bonds is 3. The zero-order chi connectivity index (χ0) is 21.5. The quantitative estimate of drug-likeness (QED) is 0.505. The third-order valence-electron chi connectivity index (χ3n) is 5.24. The Balaban J connectivity index is 1.44. The van der Waals surface area contributed by atoms with Crippen LogP contribution in [0.25, 0.3) is 22.4 Å². The molecule has 10 heteroatoms. The number of hydrogen-bond donors (Lipinski definition) is 1. The third kappa shape index (κ3) is 3.74. The largest absolute Gasteiger partial charge is 0.462 e. The van der Waals surface area contributed by atoms with Crippen molar-refractivity contribution in [2.45, 2.75) is 19.5 Å². The van der Waals surface area contributed by atoms with E-state index < -0.39 is 0 Å². The van der Waals surface area contributed by atoms with Crippen molar-refractivity contribution in [1.29, 1.82) is 0 Å². The molecule has 0 saturated heterocycles. The molecule has 1 aliphatic rings. The number of H-pyrrole nitrogens is 1. The van der Waals surface area contributed by atoms with Gasteiger partial charge in [-0.15, -0.1) is 0 Å². The minimum absolute atomic E-state index is 0.192. The van der Waals surface area contributed by atoms with Gasteiger partial charge in [-0.05, 0) is 12.1 Å². The second-order valence-corrected chi connectivity index (χ2v) is 8.13. The number of nitrogens with one attached hydrogen (secondary N) is 1.